The minimum atomic E-state index is -5.10. The van der Waals surface area contributed by atoms with Gasteiger partial charge in [0.15, 0.2) is 5.84 Å². The molecule has 0 bridgehead atoms. The molecule has 3 aromatic rings. The highest BCUT2D eigenvalue weighted by Crippen LogP contribution is 2.19. The molecule has 27 heavy (non-hydrogen) atoms. The van der Waals surface area contributed by atoms with Crippen molar-refractivity contribution in [3.8, 4) is 0 Å². The van der Waals surface area contributed by atoms with Crippen LogP contribution in [0.2, 0.25) is 0 Å². The molecule has 0 aliphatic carbocycles. The van der Waals surface area contributed by atoms with E-state index in [2.05, 4.69) is 15.2 Å². The van der Waals surface area contributed by atoms with Crippen LogP contribution >= 0.6 is 0 Å². The summed E-state index contributed by atoms with van der Waals surface area (Å²) in [4.78, 5) is 14.8. The van der Waals surface area contributed by atoms with Gasteiger partial charge in [0, 0.05) is 17.1 Å². The van der Waals surface area contributed by atoms with E-state index in [0.29, 0.717) is 16.5 Å². The fraction of sp³-hybridized carbons (Fsp3) is 0.125. The second kappa shape index (κ2) is 7.02. The number of alkyl halides is 3. The number of rotatable bonds is 4. The lowest BCUT2D eigenvalue weighted by Gasteiger charge is -2.05. The number of nitrogens with two attached hydrogens (primary N) is 1. The molecule has 0 unspecified atom stereocenters. The zero-order chi connectivity index (χ0) is 19.6. The van der Waals surface area contributed by atoms with Crippen LogP contribution < -0.4 is 11.2 Å². The number of fused-ring (bicyclic) bond motifs is 1. The highest BCUT2D eigenvalue weighted by Gasteiger charge is 2.38. The minimum absolute atomic E-state index is 0.0335. The molecule has 1 aromatic carbocycles. The molecule has 0 saturated carbocycles. The van der Waals surface area contributed by atoms with Crippen LogP contribution in [0.3, 0.4) is 0 Å². The van der Waals surface area contributed by atoms with Crippen LogP contribution in [0, 0.1) is 5.82 Å². The van der Waals surface area contributed by atoms with Crippen molar-refractivity contribution in [1.29, 1.82) is 0 Å². The molecule has 140 valence electrons. The number of amides is 1. The molecule has 0 aliphatic rings. The van der Waals surface area contributed by atoms with Crippen LogP contribution in [0.1, 0.15) is 11.3 Å². The number of pyridine rings is 1. The van der Waals surface area contributed by atoms with Crippen molar-refractivity contribution in [2.24, 2.45) is 10.8 Å². The summed E-state index contributed by atoms with van der Waals surface area (Å²) in [5.74, 6) is -3.14. The molecule has 1 amide bonds. The van der Waals surface area contributed by atoms with Crippen molar-refractivity contribution < 1.29 is 22.4 Å². The van der Waals surface area contributed by atoms with Gasteiger partial charge in [-0.15, -0.1) is 0 Å². The first-order valence-corrected chi connectivity index (χ1v) is 7.52. The Morgan fingerprint density at radius 1 is 1.26 bits per heavy atom. The summed E-state index contributed by atoms with van der Waals surface area (Å²) < 4.78 is 52.1. The summed E-state index contributed by atoms with van der Waals surface area (Å²) in [6.45, 7) is 0.0387. The molecule has 0 atom stereocenters. The number of hydrazone groups is 1. The van der Waals surface area contributed by atoms with Crippen LogP contribution in [0.15, 0.2) is 47.8 Å². The molecule has 3 rings (SSSR count). The van der Waals surface area contributed by atoms with E-state index in [1.165, 1.54) is 34.6 Å². The Hall–Kier alpha value is -3.50. The molecular formula is C16H12F4N6O. The number of carbonyl (C=O) groups is 1. The molecule has 3 N–H and O–H groups in total. The Morgan fingerprint density at radius 2 is 2.00 bits per heavy atom. The first-order valence-electron chi connectivity index (χ1n) is 7.52. The van der Waals surface area contributed by atoms with Gasteiger partial charge in [-0.1, -0.05) is 18.2 Å². The number of aromatic nitrogens is 3. The average Bonchev–Trinajstić information content (AvgIpc) is 2.99. The van der Waals surface area contributed by atoms with Crippen LogP contribution in [-0.4, -0.2) is 32.7 Å². The molecule has 11 heteroatoms. The van der Waals surface area contributed by atoms with Crippen molar-refractivity contribution in [3.05, 3.63) is 59.8 Å². The lowest BCUT2D eigenvalue weighted by atomic mass is 10.2. The monoisotopic (exact) mass is 380 g/mol. The van der Waals surface area contributed by atoms with Crippen molar-refractivity contribution in [1.82, 2.24) is 20.2 Å². The fourth-order valence-electron chi connectivity index (χ4n) is 2.35. The number of nitrogens with zero attached hydrogens (tertiary/aromatic N) is 4. The second-order valence-corrected chi connectivity index (χ2v) is 5.43. The fourth-order valence-corrected chi connectivity index (χ4v) is 2.35. The highest BCUT2D eigenvalue weighted by molar-refractivity contribution is 6.07. The Morgan fingerprint density at radius 3 is 2.70 bits per heavy atom. The normalized spacial score (nSPS) is 12.4. The second-order valence-electron chi connectivity index (χ2n) is 5.43. The van der Waals surface area contributed by atoms with E-state index < -0.39 is 23.7 Å². The summed E-state index contributed by atoms with van der Waals surface area (Å²) in [7, 11) is 0. The van der Waals surface area contributed by atoms with Crippen molar-refractivity contribution >= 4 is 22.6 Å². The average molecular weight is 380 g/mol. The van der Waals surface area contributed by atoms with Crippen molar-refractivity contribution in [3.63, 3.8) is 0 Å². The maximum Gasteiger partial charge on any atom is 0.473 e. The van der Waals surface area contributed by atoms with E-state index in [4.69, 9.17) is 5.73 Å². The molecule has 0 aliphatic heterocycles. The van der Waals surface area contributed by atoms with Gasteiger partial charge < -0.3 is 5.73 Å². The molecule has 0 fully saturated rings. The number of benzene rings is 1. The van der Waals surface area contributed by atoms with Gasteiger partial charge >= 0.3 is 12.1 Å². The highest BCUT2D eigenvalue weighted by atomic mass is 19.4. The van der Waals surface area contributed by atoms with Gasteiger partial charge in [-0.2, -0.15) is 23.4 Å². The lowest BCUT2D eigenvalue weighted by Crippen LogP contribution is -2.35. The molecule has 7 nitrogen and oxygen atoms in total. The molecular weight excluding hydrogens is 368 g/mol. The SMILES string of the molecule is N/C(=N\NC(=O)C(F)(F)F)c1nn(Cc2ccccc2F)c2cnccc12. The van der Waals surface area contributed by atoms with Gasteiger partial charge in [0.1, 0.15) is 11.5 Å². The van der Waals surface area contributed by atoms with E-state index >= 15 is 0 Å². The number of carbonyl (C=O) groups excluding carboxylic acids is 1. The van der Waals surface area contributed by atoms with Gasteiger partial charge in [-0.05, 0) is 12.1 Å². The lowest BCUT2D eigenvalue weighted by molar-refractivity contribution is -0.173. The predicted molar refractivity (Wildman–Crippen MR) is 88.0 cm³/mol. The van der Waals surface area contributed by atoms with Gasteiger partial charge in [0.05, 0.1) is 18.3 Å². The molecule has 0 spiro atoms. The minimum Gasteiger partial charge on any atom is -0.380 e. The molecule has 2 aromatic heterocycles. The smallest absolute Gasteiger partial charge is 0.380 e. The maximum atomic E-state index is 13.9. The van der Waals surface area contributed by atoms with Crippen LogP contribution in [0.25, 0.3) is 10.9 Å². The Labute approximate surface area is 149 Å². The van der Waals surface area contributed by atoms with E-state index in [9.17, 15) is 22.4 Å². The van der Waals surface area contributed by atoms with Gasteiger partial charge in [-0.25, -0.2) is 9.82 Å². The van der Waals surface area contributed by atoms with E-state index in [0.717, 1.165) is 0 Å². The Balaban J connectivity index is 1.97. The standard InChI is InChI=1S/C16H12F4N6O/c17-11-4-2-1-3-9(11)8-26-12-7-22-6-5-10(12)13(25-26)14(21)23-24-15(27)16(18,19)20/h1-7H,8H2,(H2,21,23)(H,24,27). The summed E-state index contributed by atoms with van der Waals surface area (Å²) in [5, 5.41) is 7.87. The number of halogens is 4. The van der Waals surface area contributed by atoms with Gasteiger partial charge in [0.2, 0.25) is 0 Å². The number of hydrogen-bond donors (Lipinski definition) is 2. The topological polar surface area (TPSA) is 98.2 Å². The van der Waals surface area contributed by atoms with E-state index in [1.807, 2.05) is 0 Å². The molecule has 0 radical (unpaired) electrons. The third-order valence-electron chi connectivity index (χ3n) is 3.61. The molecule has 2 heterocycles. The van der Waals surface area contributed by atoms with Gasteiger partial charge in [-0.3, -0.25) is 14.5 Å². The zero-order valence-electron chi connectivity index (χ0n) is 13.5. The van der Waals surface area contributed by atoms with E-state index in [-0.39, 0.29) is 12.2 Å². The van der Waals surface area contributed by atoms with Crippen molar-refractivity contribution in [2.45, 2.75) is 12.7 Å². The summed E-state index contributed by atoms with van der Waals surface area (Å²) >= 11 is 0. The largest absolute Gasteiger partial charge is 0.473 e. The number of hydrogen-bond acceptors (Lipinski definition) is 4. The maximum absolute atomic E-state index is 13.9. The van der Waals surface area contributed by atoms with Crippen LogP contribution in [-0.2, 0) is 11.3 Å². The predicted octanol–water partition coefficient (Wildman–Crippen LogP) is 1.92. The summed E-state index contributed by atoms with van der Waals surface area (Å²) in [6.07, 6.45) is -2.21. The van der Waals surface area contributed by atoms with E-state index in [1.54, 1.807) is 18.2 Å². The summed E-state index contributed by atoms with van der Waals surface area (Å²) in [5.41, 5.74) is 7.86. The number of nitrogens with one attached hydrogen (secondary N) is 1. The number of amidine groups is 1. The van der Waals surface area contributed by atoms with Crippen LogP contribution in [0.4, 0.5) is 17.6 Å². The van der Waals surface area contributed by atoms with Gasteiger partial charge in [0.25, 0.3) is 0 Å². The Bertz CT molecular complexity index is 1030. The Kier molecular flexibility index (Phi) is 4.75. The summed E-state index contributed by atoms with van der Waals surface area (Å²) in [6, 6.07) is 7.60. The quantitative estimate of drug-likeness (QED) is 0.313. The zero-order valence-corrected chi connectivity index (χ0v) is 13.5. The first-order chi connectivity index (χ1) is 12.8. The third-order valence-corrected chi connectivity index (χ3v) is 3.61. The van der Waals surface area contributed by atoms with Crippen molar-refractivity contribution in [2.75, 3.05) is 0 Å². The van der Waals surface area contributed by atoms with Crippen LogP contribution in [0.5, 0.6) is 0 Å². The molecule has 0 saturated heterocycles. The first kappa shape index (κ1) is 18.3. The third kappa shape index (κ3) is 3.86.